The van der Waals surface area contributed by atoms with Crippen LogP contribution in [0.2, 0.25) is 0 Å². The molecule has 0 saturated heterocycles. The molecule has 0 aliphatic carbocycles. The average Bonchev–Trinajstić information content (AvgIpc) is 3.39. The second kappa shape index (κ2) is 11.6. The second-order valence-electron chi connectivity index (χ2n) is 9.42. The fraction of sp³-hybridized carbons (Fsp3) is 0.429. The average molecular weight is 520 g/mol. The molecule has 37 heavy (non-hydrogen) atoms. The molecule has 0 saturated carbocycles. The van der Waals surface area contributed by atoms with E-state index in [0.717, 1.165) is 33.3 Å². The fourth-order valence-corrected chi connectivity index (χ4v) is 5.97. The van der Waals surface area contributed by atoms with E-state index in [0.29, 0.717) is 56.1 Å². The lowest BCUT2D eigenvalue weighted by Gasteiger charge is -2.27. The zero-order valence-corrected chi connectivity index (χ0v) is 22.7. The number of hydrogen-bond donors (Lipinski definition) is 1. The maximum atomic E-state index is 12.9. The smallest absolute Gasteiger partial charge is 0.225 e. The van der Waals surface area contributed by atoms with Crippen molar-refractivity contribution in [1.82, 2.24) is 14.5 Å². The van der Waals surface area contributed by atoms with Crippen molar-refractivity contribution in [2.45, 2.75) is 66.0 Å². The van der Waals surface area contributed by atoms with Crippen LogP contribution < -0.4 is 10.1 Å². The summed E-state index contributed by atoms with van der Waals surface area (Å²) in [5.41, 5.74) is 3.45. The summed E-state index contributed by atoms with van der Waals surface area (Å²) in [5.74, 6) is 1.64. The van der Waals surface area contributed by atoms with E-state index in [-0.39, 0.29) is 17.7 Å². The van der Waals surface area contributed by atoms with Gasteiger partial charge in [-0.1, -0.05) is 19.1 Å². The van der Waals surface area contributed by atoms with Gasteiger partial charge in [-0.2, -0.15) is 5.26 Å². The molecule has 0 radical (unpaired) electrons. The van der Waals surface area contributed by atoms with Gasteiger partial charge in [0.25, 0.3) is 0 Å². The highest BCUT2D eigenvalue weighted by Crippen LogP contribution is 2.37. The van der Waals surface area contributed by atoms with E-state index in [2.05, 4.69) is 16.4 Å². The minimum Gasteiger partial charge on any atom is -0.494 e. The summed E-state index contributed by atoms with van der Waals surface area (Å²) >= 11 is 1.40. The Morgan fingerprint density at radius 2 is 2.14 bits per heavy atom. The fourth-order valence-electron chi connectivity index (χ4n) is 4.74. The van der Waals surface area contributed by atoms with Crippen LogP contribution in [0.3, 0.4) is 0 Å². The van der Waals surface area contributed by atoms with E-state index >= 15 is 0 Å². The molecule has 1 N–H and O–H groups in total. The standard InChI is InChI=1S/C28H33N5O3S/c1-5-36-22-8-6-7-21(14-22)18(2)13-26(34)31-28-24(15-29)23-9-11-33(17-25(23)37-28)27(35)10-12-32-16-19(3)30-20(32)4/h6-8,14,16,18H,5,9-13,17H2,1-4H3,(H,31,34). The van der Waals surface area contributed by atoms with Gasteiger partial charge >= 0.3 is 0 Å². The number of aryl methyl sites for hydroxylation is 3. The highest BCUT2D eigenvalue weighted by molar-refractivity contribution is 7.16. The molecule has 8 nitrogen and oxygen atoms in total. The van der Waals surface area contributed by atoms with Crippen LogP contribution in [0.25, 0.3) is 0 Å². The van der Waals surface area contributed by atoms with Crippen molar-refractivity contribution in [2.75, 3.05) is 18.5 Å². The summed E-state index contributed by atoms with van der Waals surface area (Å²) in [7, 11) is 0. The Bertz CT molecular complexity index is 1340. The molecule has 1 unspecified atom stereocenters. The molecule has 0 bridgehead atoms. The summed E-state index contributed by atoms with van der Waals surface area (Å²) in [6.07, 6.45) is 3.26. The van der Waals surface area contributed by atoms with Gasteiger partial charge in [0.1, 0.15) is 22.6 Å². The molecule has 3 heterocycles. The number of nitrogens with zero attached hydrogens (tertiary/aromatic N) is 4. The van der Waals surface area contributed by atoms with Crippen molar-refractivity contribution in [1.29, 1.82) is 5.26 Å². The Hall–Kier alpha value is -3.64. The van der Waals surface area contributed by atoms with Gasteiger partial charge in [-0.3, -0.25) is 9.59 Å². The summed E-state index contributed by atoms with van der Waals surface area (Å²) < 4.78 is 7.58. The largest absolute Gasteiger partial charge is 0.494 e. The number of nitriles is 1. The maximum absolute atomic E-state index is 12.9. The van der Waals surface area contributed by atoms with Crippen LogP contribution in [0.5, 0.6) is 5.75 Å². The molecule has 2 amide bonds. The Morgan fingerprint density at radius 1 is 1.32 bits per heavy atom. The molecule has 1 aliphatic heterocycles. The second-order valence-corrected chi connectivity index (χ2v) is 10.5. The number of ether oxygens (including phenoxy) is 1. The van der Waals surface area contributed by atoms with Crippen molar-refractivity contribution >= 4 is 28.2 Å². The van der Waals surface area contributed by atoms with Gasteiger partial charge in [0.15, 0.2) is 0 Å². The Balaban J connectivity index is 1.38. The molecule has 9 heteroatoms. The van der Waals surface area contributed by atoms with Crippen LogP contribution in [0.15, 0.2) is 30.5 Å². The zero-order chi connectivity index (χ0) is 26.5. The number of amides is 2. The number of carbonyl (C=O) groups excluding carboxylic acids is 2. The molecule has 1 aromatic carbocycles. The number of fused-ring (bicyclic) bond motifs is 1. The molecule has 0 fully saturated rings. The van der Waals surface area contributed by atoms with E-state index < -0.39 is 0 Å². The van der Waals surface area contributed by atoms with E-state index in [1.165, 1.54) is 11.3 Å². The number of benzene rings is 1. The van der Waals surface area contributed by atoms with Gasteiger partial charge < -0.3 is 19.5 Å². The van der Waals surface area contributed by atoms with Gasteiger partial charge in [-0.15, -0.1) is 11.3 Å². The number of thiophene rings is 1. The summed E-state index contributed by atoms with van der Waals surface area (Å²) in [6.45, 7) is 10.0. The topological polar surface area (TPSA) is 100 Å². The van der Waals surface area contributed by atoms with E-state index in [4.69, 9.17) is 4.74 Å². The monoisotopic (exact) mass is 519 g/mol. The minimum absolute atomic E-state index is 0.00318. The summed E-state index contributed by atoms with van der Waals surface area (Å²) in [6, 6.07) is 10.1. The Labute approximate surface area is 221 Å². The van der Waals surface area contributed by atoms with Crippen LogP contribution >= 0.6 is 11.3 Å². The molecular formula is C28H33N5O3S. The van der Waals surface area contributed by atoms with Crippen LogP contribution in [-0.4, -0.2) is 39.4 Å². The van der Waals surface area contributed by atoms with Gasteiger partial charge in [-0.25, -0.2) is 4.98 Å². The van der Waals surface area contributed by atoms with Crippen LogP contribution in [0.4, 0.5) is 5.00 Å². The van der Waals surface area contributed by atoms with Crippen LogP contribution in [0.1, 0.15) is 65.7 Å². The first-order valence-corrected chi connectivity index (χ1v) is 13.5. The van der Waals surface area contributed by atoms with Crippen molar-refractivity contribution in [2.24, 2.45) is 0 Å². The number of carbonyl (C=O) groups is 2. The highest BCUT2D eigenvalue weighted by atomic mass is 32.1. The number of anilines is 1. The van der Waals surface area contributed by atoms with E-state index in [9.17, 15) is 14.9 Å². The molecule has 4 rings (SSSR count). The summed E-state index contributed by atoms with van der Waals surface area (Å²) in [4.78, 5) is 33.0. The molecule has 1 aliphatic rings. The molecule has 194 valence electrons. The third kappa shape index (κ3) is 6.20. The quantitative estimate of drug-likeness (QED) is 0.432. The molecular weight excluding hydrogens is 486 g/mol. The van der Waals surface area contributed by atoms with Gasteiger partial charge in [0, 0.05) is 37.0 Å². The van der Waals surface area contributed by atoms with Crippen molar-refractivity contribution in [3.05, 3.63) is 63.5 Å². The van der Waals surface area contributed by atoms with Gasteiger partial charge in [0.05, 0.1) is 24.4 Å². The lowest BCUT2D eigenvalue weighted by Crippen LogP contribution is -2.35. The minimum atomic E-state index is -0.136. The third-order valence-electron chi connectivity index (χ3n) is 6.67. The number of nitrogens with one attached hydrogen (secondary N) is 1. The normalized spacial score (nSPS) is 13.5. The predicted molar refractivity (Wildman–Crippen MR) is 144 cm³/mol. The number of hydrogen-bond acceptors (Lipinski definition) is 6. The summed E-state index contributed by atoms with van der Waals surface area (Å²) in [5, 5.41) is 13.4. The first kappa shape index (κ1) is 26.4. The molecule has 0 spiro atoms. The third-order valence-corrected chi connectivity index (χ3v) is 7.80. The Kier molecular flexibility index (Phi) is 8.29. The number of imidazole rings is 1. The van der Waals surface area contributed by atoms with Crippen molar-refractivity contribution in [3.8, 4) is 11.8 Å². The van der Waals surface area contributed by atoms with E-state index in [1.807, 2.05) is 67.6 Å². The van der Waals surface area contributed by atoms with Gasteiger partial charge in [0.2, 0.25) is 11.8 Å². The number of rotatable bonds is 9. The van der Waals surface area contributed by atoms with Crippen LogP contribution in [-0.2, 0) is 29.1 Å². The first-order chi connectivity index (χ1) is 17.8. The van der Waals surface area contributed by atoms with Crippen molar-refractivity contribution < 1.29 is 14.3 Å². The van der Waals surface area contributed by atoms with Gasteiger partial charge in [-0.05, 0) is 56.4 Å². The molecule has 3 aromatic rings. The lowest BCUT2D eigenvalue weighted by atomic mass is 9.97. The van der Waals surface area contributed by atoms with E-state index in [1.54, 1.807) is 0 Å². The molecule has 1 atom stereocenters. The lowest BCUT2D eigenvalue weighted by molar-refractivity contribution is -0.132. The number of aromatic nitrogens is 2. The molecule has 2 aromatic heterocycles. The first-order valence-electron chi connectivity index (χ1n) is 12.6. The highest BCUT2D eigenvalue weighted by Gasteiger charge is 2.27. The zero-order valence-electron chi connectivity index (χ0n) is 21.8. The Morgan fingerprint density at radius 3 is 2.84 bits per heavy atom. The van der Waals surface area contributed by atoms with Crippen LogP contribution in [0, 0.1) is 25.2 Å². The van der Waals surface area contributed by atoms with Crippen molar-refractivity contribution in [3.63, 3.8) is 0 Å². The SMILES string of the molecule is CCOc1cccc(C(C)CC(=O)Nc2sc3c(c2C#N)CCN(C(=O)CCn2cc(C)nc2C)C3)c1. The maximum Gasteiger partial charge on any atom is 0.225 e. The predicted octanol–water partition coefficient (Wildman–Crippen LogP) is 4.94.